The standard InChI is InChI=1S/C16H17N3O4S/c1-11(18-21)13-4-3-5-15(10-13)19-24(22,23)16-8-6-14(7-9-16)17-12(2)20/h3-10,19,21H,1-2H3,(H,17,20)/b18-11-. The predicted octanol–water partition coefficient (Wildman–Crippen LogP) is 2.64. The number of amides is 1. The highest BCUT2D eigenvalue weighted by atomic mass is 32.2. The number of sulfonamides is 1. The molecule has 24 heavy (non-hydrogen) atoms. The van der Waals surface area contributed by atoms with Crippen LogP contribution in [0.3, 0.4) is 0 Å². The Hall–Kier alpha value is -2.87. The van der Waals surface area contributed by atoms with Crippen molar-refractivity contribution in [3.05, 3.63) is 54.1 Å². The van der Waals surface area contributed by atoms with Gasteiger partial charge >= 0.3 is 0 Å². The van der Waals surface area contributed by atoms with Gasteiger partial charge in [0.15, 0.2) is 0 Å². The number of nitrogens with one attached hydrogen (secondary N) is 2. The predicted molar refractivity (Wildman–Crippen MR) is 92.0 cm³/mol. The number of carbonyl (C=O) groups is 1. The highest BCUT2D eigenvalue weighted by molar-refractivity contribution is 7.92. The molecule has 2 aromatic rings. The Kier molecular flexibility index (Phi) is 5.20. The Morgan fingerprint density at radius 3 is 2.29 bits per heavy atom. The molecule has 0 aromatic heterocycles. The molecule has 0 saturated carbocycles. The van der Waals surface area contributed by atoms with Crippen molar-refractivity contribution in [2.24, 2.45) is 5.16 Å². The molecule has 0 aliphatic heterocycles. The van der Waals surface area contributed by atoms with Crippen LogP contribution in [0, 0.1) is 0 Å². The van der Waals surface area contributed by atoms with Crippen LogP contribution in [0.15, 0.2) is 58.6 Å². The number of hydrogen-bond acceptors (Lipinski definition) is 5. The number of anilines is 2. The Morgan fingerprint density at radius 2 is 1.71 bits per heavy atom. The van der Waals surface area contributed by atoms with Crippen LogP contribution in [0.25, 0.3) is 0 Å². The second-order valence-corrected chi connectivity index (χ2v) is 6.76. The molecular formula is C16H17N3O4S. The average molecular weight is 347 g/mol. The number of benzene rings is 2. The molecule has 3 N–H and O–H groups in total. The van der Waals surface area contributed by atoms with E-state index in [1.165, 1.54) is 31.2 Å². The normalized spacial score (nSPS) is 11.8. The van der Waals surface area contributed by atoms with Gasteiger partial charge in [0.05, 0.1) is 10.6 Å². The van der Waals surface area contributed by atoms with Crippen molar-refractivity contribution < 1.29 is 18.4 Å². The van der Waals surface area contributed by atoms with Crippen molar-refractivity contribution in [3.63, 3.8) is 0 Å². The van der Waals surface area contributed by atoms with Gasteiger partial charge in [0, 0.05) is 23.9 Å². The van der Waals surface area contributed by atoms with E-state index in [9.17, 15) is 13.2 Å². The molecule has 2 rings (SSSR count). The Labute approximate surface area is 140 Å². The molecule has 1 amide bonds. The fraction of sp³-hybridized carbons (Fsp3) is 0.125. The lowest BCUT2D eigenvalue weighted by Gasteiger charge is -2.10. The summed E-state index contributed by atoms with van der Waals surface area (Å²) >= 11 is 0. The number of nitrogens with zero attached hydrogens (tertiary/aromatic N) is 1. The van der Waals surface area contributed by atoms with Crippen LogP contribution in [0.5, 0.6) is 0 Å². The van der Waals surface area contributed by atoms with E-state index in [0.29, 0.717) is 22.6 Å². The van der Waals surface area contributed by atoms with Gasteiger partial charge in [0.1, 0.15) is 0 Å². The van der Waals surface area contributed by atoms with Gasteiger partial charge in [-0.15, -0.1) is 0 Å². The lowest BCUT2D eigenvalue weighted by Crippen LogP contribution is -2.13. The van der Waals surface area contributed by atoms with Crippen molar-refractivity contribution in [1.29, 1.82) is 0 Å². The quantitative estimate of drug-likeness (QED) is 0.439. The van der Waals surface area contributed by atoms with E-state index in [1.807, 2.05) is 0 Å². The van der Waals surface area contributed by atoms with Crippen molar-refractivity contribution in [2.45, 2.75) is 18.7 Å². The van der Waals surface area contributed by atoms with Gasteiger partial charge in [-0.1, -0.05) is 17.3 Å². The lowest BCUT2D eigenvalue weighted by molar-refractivity contribution is -0.114. The molecule has 0 atom stereocenters. The molecule has 2 aromatic carbocycles. The minimum absolute atomic E-state index is 0.0644. The first-order valence-corrected chi connectivity index (χ1v) is 8.50. The Morgan fingerprint density at radius 1 is 1.04 bits per heavy atom. The van der Waals surface area contributed by atoms with Crippen LogP contribution in [0.2, 0.25) is 0 Å². The minimum atomic E-state index is -3.77. The highest BCUT2D eigenvalue weighted by Crippen LogP contribution is 2.19. The number of rotatable bonds is 5. The molecule has 0 aliphatic rings. The summed E-state index contributed by atoms with van der Waals surface area (Å²) in [6.07, 6.45) is 0. The monoisotopic (exact) mass is 347 g/mol. The largest absolute Gasteiger partial charge is 0.411 e. The van der Waals surface area contributed by atoms with Gasteiger partial charge in [-0.3, -0.25) is 9.52 Å². The van der Waals surface area contributed by atoms with E-state index in [2.05, 4.69) is 15.2 Å². The molecule has 0 bridgehead atoms. The maximum atomic E-state index is 12.4. The van der Waals surface area contributed by atoms with Gasteiger partial charge < -0.3 is 10.5 Å². The van der Waals surface area contributed by atoms with Crippen molar-refractivity contribution in [3.8, 4) is 0 Å². The summed E-state index contributed by atoms with van der Waals surface area (Å²) in [4.78, 5) is 11.0. The minimum Gasteiger partial charge on any atom is -0.411 e. The van der Waals surface area contributed by atoms with E-state index in [1.54, 1.807) is 31.2 Å². The second-order valence-electron chi connectivity index (χ2n) is 5.08. The summed E-state index contributed by atoms with van der Waals surface area (Å²) in [5.41, 5.74) is 1.83. The van der Waals surface area contributed by atoms with E-state index < -0.39 is 10.0 Å². The summed E-state index contributed by atoms with van der Waals surface area (Å²) in [5, 5.41) is 14.5. The van der Waals surface area contributed by atoms with Gasteiger partial charge in [0.25, 0.3) is 10.0 Å². The summed E-state index contributed by atoms with van der Waals surface area (Å²) < 4.78 is 27.3. The zero-order valence-corrected chi connectivity index (χ0v) is 14.0. The van der Waals surface area contributed by atoms with E-state index in [-0.39, 0.29) is 10.8 Å². The lowest BCUT2D eigenvalue weighted by atomic mass is 10.1. The molecule has 0 aliphatic carbocycles. The van der Waals surface area contributed by atoms with Crippen LogP contribution in [0.1, 0.15) is 19.4 Å². The molecule has 8 heteroatoms. The van der Waals surface area contributed by atoms with E-state index in [4.69, 9.17) is 5.21 Å². The fourth-order valence-electron chi connectivity index (χ4n) is 2.00. The molecule has 0 radical (unpaired) electrons. The fourth-order valence-corrected chi connectivity index (χ4v) is 3.05. The summed E-state index contributed by atoms with van der Waals surface area (Å²) in [6, 6.07) is 12.3. The number of hydrogen-bond donors (Lipinski definition) is 3. The maximum Gasteiger partial charge on any atom is 0.261 e. The summed E-state index contributed by atoms with van der Waals surface area (Å²) in [5.74, 6) is -0.235. The van der Waals surface area contributed by atoms with E-state index in [0.717, 1.165) is 0 Å². The first kappa shape index (κ1) is 17.5. The Bertz CT molecular complexity index is 874. The van der Waals surface area contributed by atoms with Crippen molar-refractivity contribution in [1.82, 2.24) is 0 Å². The highest BCUT2D eigenvalue weighted by Gasteiger charge is 2.14. The average Bonchev–Trinajstić information content (AvgIpc) is 2.54. The molecule has 126 valence electrons. The van der Waals surface area contributed by atoms with Crippen LogP contribution in [-0.2, 0) is 14.8 Å². The third-order valence-electron chi connectivity index (χ3n) is 3.17. The van der Waals surface area contributed by atoms with Crippen molar-refractivity contribution in [2.75, 3.05) is 10.0 Å². The second kappa shape index (κ2) is 7.14. The first-order chi connectivity index (χ1) is 11.3. The molecule has 0 unspecified atom stereocenters. The molecule has 0 spiro atoms. The smallest absolute Gasteiger partial charge is 0.261 e. The summed E-state index contributed by atoms with van der Waals surface area (Å²) in [6.45, 7) is 2.98. The third-order valence-corrected chi connectivity index (χ3v) is 4.56. The number of carbonyl (C=O) groups excluding carboxylic acids is 1. The van der Waals surface area contributed by atoms with Gasteiger partial charge in [-0.05, 0) is 43.3 Å². The Balaban J connectivity index is 2.24. The van der Waals surface area contributed by atoms with Crippen LogP contribution < -0.4 is 10.0 Å². The van der Waals surface area contributed by atoms with Crippen LogP contribution >= 0.6 is 0 Å². The molecule has 0 fully saturated rings. The van der Waals surface area contributed by atoms with Crippen molar-refractivity contribution >= 4 is 33.0 Å². The molecule has 0 heterocycles. The summed E-state index contributed by atoms with van der Waals surface area (Å²) in [7, 11) is -3.77. The van der Waals surface area contributed by atoms with Gasteiger partial charge in [0.2, 0.25) is 5.91 Å². The first-order valence-electron chi connectivity index (χ1n) is 7.01. The third kappa shape index (κ3) is 4.32. The van der Waals surface area contributed by atoms with Gasteiger partial charge in [-0.25, -0.2) is 8.42 Å². The molecular weight excluding hydrogens is 330 g/mol. The zero-order chi connectivity index (χ0) is 17.7. The topological polar surface area (TPSA) is 108 Å². The van der Waals surface area contributed by atoms with Crippen LogP contribution in [-0.4, -0.2) is 25.2 Å². The van der Waals surface area contributed by atoms with E-state index >= 15 is 0 Å². The SMILES string of the molecule is CC(=O)Nc1ccc(S(=O)(=O)Nc2cccc(/C(C)=N\O)c2)cc1. The van der Waals surface area contributed by atoms with Crippen LogP contribution in [0.4, 0.5) is 11.4 Å². The molecule has 7 nitrogen and oxygen atoms in total. The maximum absolute atomic E-state index is 12.4. The molecule has 0 saturated heterocycles. The zero-order valence-electron chi connectivity index (χ0n) is 13.1. The van der Waals surface area contributed by atoms with Gasteiger partial charge in [-0.2, -0.15) is 0 Å². The number of oxime groups is 1.